The van der Waals surface area contributed by atoms with Gasteiger partial charge in [-0.3, -0.25) is 4.79 Å². The molecule has 0 unspecified atom stereocenters. The van der Waals surface area contributed by atoms with E-state index in [1.54, 1.807) is 6.07 Å². The van der Waals surface area contributed by atoms with Gasteiger partial charge in [0.2, 0.25) is 5.91 Å². The molecular formula is C24H14Br2ClN3O. The van der Waals surface area contributed by atoms with E-state index in [0.29, 0.717) is 5.02 Å². The third kappa shape index (κ3) is 2.62. The summed E-state index contributed by atoms with van der Waals surface area (Å²) in [7, 11) is 0. The number of fused-ring (bicyclic) bond motifs is 3. The van der Waals surface area contributed by atoms with E-state index in [9.17, 15) is 4.79 Å². The first kappa shape index (κ1) is 19.2. The molecule has 152 valence electrons. The smallest absolute Gasteiger partial charge is 0.244 e. The highest BCUT2D eigenvalue weighted by Crippen LogP contribution is 2.52. The third-order valence-corrected chi connectivity index (χ3v) is 7.29. The summed E-state index contributed by atoms with van der Waals surface area (Å²) in [5.41, 5.74) is 4.21. The summed E-state index contributed by atoms with van der Waals surface area (Å²) in [6.07, 6.45) is 3.87. The lowest BCUT2D eigenvalue weighted by atomic mass is 9.70. The van der Waals surface area contributed by atoms with Gasteiger partial charge in [-0.2, -0.15) is 0 Å². The van der Waals surface area contributed by atoms with Crippen molar-refractivity contribution in [3.05, 3.63) is 97.6 Å². The Labute approximate surface area is 199 Å². The van der Waals surface area contributed by atoms with Crippen LogP contribution in [0.3, 0.4) is 0 Å². The maximum absolute atomic E-state index is 13.9. The van der Waals surface area contributed by atoms with E-state index in [0.717, 1.165) is 53.1 Å². The van der Waals surface area contributed by atoms with Gasteiger partial charge in [0.25, 0.3) is 0 Å². The molecule has 0 radical (unpaired) electrons. The molecule has 0 saturated carbocycles. The number of benzene rings is 3. The number of aromatic amines is 2. The summed E-state index contributed by atoms with van der Waals surface area (Å²) in [4.78, 5) is 20.6. The molecule has 3 heterocycles. The molecule has 1 amide bonds. The Hall–Kier alpha value is -2.54. The molecule has 0 fully saturated rings. The number of hydrogen-bond donors (Lipinski definition) is 3. The van der Waals surface area contributed by atoms with Gasteiger partial charge in [-0.15, -0.1) is 0 Å². The van der Waals surface area contributed by atoms with E-state index in [2.05, 4.69) is 47.1 Å². The van der Waals surface area contributed by atoms with Crippen molar-refractivity contribution in [1.29, 1.82) is 0 Å². The minimum atomic E-state index is -1.07. The van der Waals surface area contributed by atoms with Crippen molar-refractivity contribution in [3.8, 4) is 0 Å². The van der Waals surface area contributed by atoms with Crippen LogP contribution in [0.1, 0.15) is 16.7 Å². The van der Waals surface area contributed by atoms with Crippen LogP contribution in [0.15, 0.2) is 75.9 Å². The summed E-state index contributed by atoms with van der Waals surface area (Å²) in [5.74, 6) is -0.105. The molecule has 31 heavy (non-hydrogen) atoms. The number of halogens is 3. The lowest BCUT2D eigenvalue weighted by molar-refractivity contribution is -0.118. The topological polar surface area (TPSA) is 60.7 Å². The third-order valence-electron chi connectivity index (χ3n) is 6.07. The Morgan fingerprint density at radius 1 is 0.742 bits per heavy atom. The second-order valence-electron chi connectivity index (χ2n) is 7.68. The molecule has 0 spiro atoms. The molecule has 5 aromatic rings. The summed E-state index contributed by atoms with van der Waals surface area (Å²) in [6, 6.07) is 17.6. The zero-order valence-electron chi connectivity index (χ0n) is 15.9. The molecule has 1 aliphatic heterocycles. The normalized spacial score (nSPS) is 14.9. The molecule has 0 aliphatic carbocycles. The number of hydrogen-bond acceptors (Lipinski definition) is 1. The summed E-state index contributed by atoms with van der Waals surface area (Å²) < 4.78 is 1.89. The number of nitrogens with one attached hydrogen (secondary N) is 3. The Morgan fingerprint density at radius 2 is 1.32 bits per heavy atom. The molecule has 3 aromatic carbocycles. The van der Waals surface area contributed by atoms with Crippen molar-refractivity contribution in [3.63, 3.8) is 0 Å². The number of aromatic nitrogens is 2. The summed E-state index contributed by atoms with van der Waals surface area (Å²) in [5, 5.41) is 5.63. The number of carbonyl (C=O) groups excluding carboxylic acids is 1. The fourth-order valence-corrected chi connectivity index (χ4v) is 5.65. The minimum absolute atomic E-state index is 0.105. The number of rotatable bonds is 2. The van der Waals surface area contributed by atoms with Crippen molar-refractivity contribution in [2.75, 3.05) is 5.32 Å². The second-order valence-corrected chi connectivity index (χ2v) is 9.95. The van der Waals surface area contributed by atoms with Crippen LogP contribution in [-0.2, 0) is 10.2 Å². The fraction of sp³-hybridized carbons (Fsp3) is 0.0417. The first-order valence-electron chi connectivity index (χ1n) is 9.64. The Kier molecular flexibility index (Phi) is 4.16. The SMILES string of the molecule is O=C1Nc2ccc(Cl)cc2C1(c1c[nH]c2ccc(Br)cc12)c1c[nH]c2ccc(Br)cc12. The van der Waals surface area contributed by atoms with Crippen LogP contribution in [0.25, 0.3) is 21.8 Å². The molecule has 6 rings (SSSR count). The van der Waals surface area contributed by atoms with Gasteiger partial charge in [0.05, 0.1) is 0 Å². The molecule has 0 atom stereocenters. The number of carbonyl (C=O) groups is 1. The zero-order valence-corrected chi connectivity index (χ0v) is 19.8. The maximum atomic E-state index is 13.9. The first-order chi connectivity index (χ1) is 15.0. The van der Waals surface area contributed by atoms with Crippen LogP contribution in [-0.4, -0.2) is 15.9 Å². The fourth-order valence-electron chi connectivity index (χ4n) is 4.76. The number of amides is 1. The molecular weight excluding hydrogens is 542 g/mol. The summed E-state index contributed by atoms with van der Waals surface area (Å²) >= 11 is 13.6. The predicted molar refractivity (Wildman–Crippen MR) is 132 cm³/mol. The highest BCUT2D eigenvalue weighted by Gasteiger charge is 2.52. The molecule has 1 aliphatic rings. The monoisotopic (exact) mass is 553 g/mol. The molecule has 0 bridgehead atoms. The zero-order chi connectivity index (χ0) is 21.3. The van der Waals surface area contributed by atoms with Crippen molar-refractivity contribution in [1.82, 2.24) is 9.97 Å². The summed E-state index contributed by atoms with van der Waals surface area (Å²) in [6.45, 7) is 0. The Bertz CT molecular complexity index is 1450. The van der Waals surface area contributed by atoms with E-state index in [4.69, 9.17) is 11.6 Å². The van der Waals surface area contributed by atoms with Crippen molar-refractivity contribution >= 4 is 76.9 Å². The predicted octanol–water partition coefficient (Wildman–Crippen LogP) is 7.11. The molecule has 0 saturated heterocycles. The second kappa shape index (κ2) is 6.73. The highest BCUT2D eigenvalue weighted by atomic mass is 79.9. The molecule has 3 N–H and O–H groups in total. The van der Waals surface area contributed by atoms with Gasteiger partial charge >= 0.3 is 0 Å². The van der Waals surface area contributed by atoms with E-state index in [1.165, 1.54) is 0 Å². The van der Waals surface area contributed by atoms with Gasteiger partial charge in [-0.25, -0.2) is 0 Å². The van der Waals surface area contributed by atoms with Crippen LogP contribution in [0, 0.1) is 0 Å². The van der Waals surface area contributed by atoms with Gasteiger partial charge in [-0.1, -0.05) is 43.5 Å². The number of H-pyrrole nitrogens is 2. The quantitative estimate of drug-likeness (QED) is 0.214. The largest absolute Gasteiger partial charge is 0.361 e. The van der Waals surface area contributed by atoms with Gasteiger partial charge in [0.1, 0.15) is 5.41 Å². The van der Waals surface area contributed by atoms with Crippen molar-refractivity contribution in [2.45, 2.75) is 5.41 Å². The van der Waals surface area contributed by atoms with E-state index >= 15 is 0 Å². The van der Waals surface area contributed by atoms with E-state index in [-0.39, 0.29) is 5.91 Å². The van der Waals surface area contributed by atoms with E-state index < -0.39 is 5.41 Å². The average molecular weight is 556 g/mol. The Morgan fingerprint density at radius 3 is 1.90 bits per heavy atom. The highest BCUT2D eigenvalue weighted by molar-refractivity contribution is 9.10. The van der Waals surface area contributed by atoms with Gasteiger partial charge < -0.3 is 15.3 Å². The Balaban J connectivity index is 1.80. The van der Waals surface area contributed by atoms with Crippen molar-refractivity contribution < 1.29 is 4.79 Å². The van der Waals surface area contributed by atoms with Gasteiger partial charge in [0, 0.05) is 70.5 Å². The first-order valence-corrected chi connectivity index (χ1v) is 11.6. The minimum Gasteiger partial charge on any atom is -0.361 e. The molecule has 2 aromatic heterocycles. The number of anilines is 1. The van der Waals surface area contributed by atoms with Crippen LogP contribution < -0.4 is 5.32 Å². The lowest BCUT2D eigenvalue weighted by Gasteiger charge is -2.28. The maximum Gasteiger partial charge on any atom is 0.244 e. The van der Waals surface area contributed by atoms with Gasteiger partial charge in [0.15, 0.2) is 0 Å². The van der Waals surface area contributed by atoms with Crippen LogP contribution in [0.4, 0.5) is 5.69 Å². The van der Waals surface area contributed by atoms with Crippen LogP contribution in [0.5, 0.6) is 0 Å². The lowest BCUT2D eigenvalue weighted by Crippen LogP contribution is -2.36. The van der Waals surface area contributed by atoms with E-state index in [1.807, 2.05) is 60.9 Å². The molecule has 7 heteroatoms. The average Bonchev–Trinajstić information content (AvgIpc) is 3.42. The van der Waals surface area contributed by atoms with Crippen molar-refractivity contribution in [2.24, 2.45) is 0 Å². The van der Waals surface area contributed by atoms with Crippen LogP contribution in [0.2, 0.25) is 5.02 Å². The van der Waals surface area contributed by atoms with Crippen LogP contribution >= 0.6 is 43.5 Å². The standard InChI is InChI=1S/C24H14Br2ClN3O/c25-12-1-4-20-15(7-12)18(10-28-20)24(17-9-14(27)3-6-22(17)30-23(24)31)19-11-29-21-5-2-13(26)8-16(19)21/h1-11,28-29H,(H,30,31). The molecule has 4 nitrogen and oxygen atoms in total. The van der Waals surface area contributed by atoms with Gasteiger partial charge in [-0.05, 0) is 54.6 Å².